The topological polar surface area (TPSA) is 97.8 Å². The van der Waals surface area contributed by atoms with Crippen molar-refractivity contribution in [2.75, 3.05) is 19.7 Å². The summed E-state index contributed by atoms with van der Waals surface area (Å²) in [7, 11) is -3.55. The molecule has 1 aliphatic rings. The van der Waals surface area contributed by atoms with Gasteiger partial charge >= 0.3 is 5.97 Å². The number of ether oxygens (including phenoxy) is 1. The molecule has 1 aliphatic heterocycles. The number of nitrogens with zero attached hydrogens (tertiary/aromatic N) is 1. The Labute approximate surface area is 186 Å². The fourth-order valence-corrected chi connectivity index (χ4v) is 4.83. The highest BCUT2D eigenvalue weighted by Gasteiger charge is 2.27. The Hall–Kier alpha value is -2.55. The quantitative estimate of drug-likeness (QED) is 0.417. The molecular weight excluding hydrogens is 442 g/mol. The van der Waals surface area contributed by atoms with Crippen molar-refractivity contribution in [3.63, 3.8) is 0 Å². The molecule has 2 aromatic carbocycles. The van der Waals surface area contributed by atoms with Crippen molar-refractivity contribution >= 4 is 39.2 Å². The predicted octanol–water partition coefficient (Wildman–Crippen LogP) is 3.51. The summed E-state index contributed by atoms with van der Waals surface area (Å²) >= 11 is 5.78. The summed E-state index contributed by atoms with van der Waals surface area (Å²) < 4.78 is 31.4. The van der Waals surface area contributed by atoms with E-state index in [9.17, 15) is 22.8 Å². The number of hydrogen-bond donors (Lipinski definition) is 0. The Morgan fingerprint density at radius 1 is 0.839 bits per heavy atom. The Morgan fingerprint density at radius 2 is 1.39 bits per heavy atom. The minimum atomic E-state index is -3.55. The molecule has 3 rings (SSSR count). The van der Waals surface area contributed by atoms with E-state index in [-0.39, 0.29) is 29.1 Å². The normalized spacial score (nSPS) is 14.4. The van der Waals surface area contributed by atoms with Crippen LogP contribution in [0.4, 0.5) is 0 Å². The van der Waals surface area contributed by atoms with Gasteiger partial charge in [-0.1, -0.05) is 11.6 Å². The van der Waals surface area contributed by atoms with Crippen LogP contribution < -0.4 is 0 Å². The van der Waals surface area contributed by atoms with Crippen molar-refractivity contribution in [3.05, 3.63) is 64.7 Å². The summed E-state index contributed by atoms with van der Waals surface area (Å²) in [6.07, 6.45) is 1.48. The second kappa shape index (κ2) is 10.2. The van der Waals surface area contributed by atoms with Gasteiger partial charge in [-0.3, -0.25) is 14.4 Å². The van der Waals surface area contributed by atoms with Crippen LogP contribution >= 0.6 is 11.6 Å². The van der Waals surface area contributed by atoms with E-state index in [4.69, 9.17) is 16.3 Å². The highest BCUT2D eigenvalue weighted by Crippen LogP contribution is 2.21. The van der Waals surface area contributed by atoms with E-state index in [0.717, 1.165) is 12.8 Å². The number of ketones is 2. The molecule has 31 heavy (non-hydrogen) atoms. The maximum absolute atomic E-state index is 12.5. The highest BCUT2D eigenvalue weighted by atomic mass is 35.5. The zero-order chi connectivity index (χ0) is 22.4. The van der Waals surface area contributed by atoms with Crippen LogP contribution in [0, 0.1) is 0 Å². The Bertz CT molecular complexity index is 1060. The molecule has 0 radical (unpaired) electrons. The van der Waals surface area contributed by atoms with Crippen LogP contribution in [0.1, 0.15) is 46.4 Å². The minimum Gasteiger partial charge on any atom is -0.457 e. The van der Waals surface area contributed by atoms with Crippen molar-refractivity contribution < 1.29 is 27.5 Å². The van der Waals surface area contributed by atoms with Crippen LogP contribution in [0.3, 0.4) is 0 Å². The Balaban J connectivity index is 1.48. The standard InChI is InChI=1S/C22H22ClNO6S/c23-18-7-3-16(4-8-18)20(25)11-12-22(27)30-15-21(26)17-5-9-19(10-6-17)31(28,29)24-13-1-2-14-24/h3-10H,1-2,11-15H2. The minimum absolute atomic E-state index is 0.0439. The average Bonchev–Trinajstić information content (AvgIpc) is 3.32. The van der Waals surface area contributed by atoms with Crippen LogP contribution in [0.5, 0.6) is 0 Å². The zero-order valence-electron chi connectivity index (χ0n) is 16.8. The first-order valence-corrected chi connectivity index (χ1v) is 11.7. The van der Waals surface area contributed by atoms with E-state index in [0.29, 0.717) is 23.7 Å². The van der Waals surface area contributed by atoms with E-state index >= 15 is 0 Å². The van der Waals surface area contributed by atoms with Gasteiger partial charge in [-0.2, -0.15) is 4.31 Å². The van der Waals surface area contributed by atoms with E-state index in [1.807, 2.05) is 0 Å². The van der Waals surface area contributed by atoms with Crippen LogP contribution in [0.25, 0.3) is 0 Å². The number of Topliss-reactive ketones (excluding diaryl/α,β-unsaturated/α-hetero) is 2. The SMILES string of the molecule is O=C(CCC(=O)c1ccc(Cl)cc1)OCC(=O)c1ccc(S(=O)(=O)N2CCCC2)cc1. The predicted molar refractivity (Wildman–Crippen MR) is 115 cm³/mol. The van der Waals surface area contributed by atoms with Crippen LogP contribution in [0.15, 0.2) is 53.4 Å². The van der Waals surface area contributed by atoms with Crippen LogP contribution in [-0.4, -0.2) is 50.0 Å². The maximum Gasteiger partial charge on any atom is 0.306 e. The van der Waals surface area contributed by atoms with Crippen molar-refractivity contribution in [2.24, 2.45) is 0 Å². The fourth-order valence-electron chi connectivity index (χ4n) is 3.19. The number of halogens is 1. The molecule has 0 amide bonds. The Kier molecular flexibility index (Phi) is 7.59. The van der Waals surface area contributed by atoms with Crippen LogP contribution in [0.2, 0.25) is 5.02 Å². The maximum atomic E-state index is 12.5. The first-order valence-electron chi connectivity index (χ1n) is 9.85. The summed E-state index contributed by atoms with van der Waals surface area (Å²) in [5.74, 6) is -1.35. The molecule has 1 heterocycles. The molecular formula is C22H22ClNO6S. The lowest BCUT2D eigenvalue weighted by molar-refractivity contribution is -0.142. The van der Waals surface area contributed by atoms with E-state index in [2.05, 4.69) is 0 Å². The molecule has 9 heteroatoms. The third kappa shape index (κ3) is 6.00. The molecule has 164 valence electrons. The molecule has 0 saturated carbocycles. The van der Waals surface area contributed by atoms with Crippen molar-refractivity contribution in [1.82, 2.24) is 4.31 Å². The first-order chi connectivity index (χ1) is 14.8. The highest BCUT2D eigenvalue weighted by molar-refractivity contribution is 7.89. The van der Waals surface area contributed by atoms with E-state index in [1.54, 1.807) is 24.3 Å². The van der Waals surface area contributed by atoms with Gasteiger partial charge in [0.05, 0.1) is 11.3 Å². The number of benzene rings is 2. The van der Waals surface area contributed by atoms with Gasteiger partial charge < -0.3 is 4.74 Å². The summed E-state index contributed by atoms with van der Waals surface area (Å²) in [6, 6.07) is 11.9. The van der Waals surface area contributed by atoms with Gasteiger partial charge in [0, 0.05) is 35.7 Å². The summed E-state index contributed by atoms with van der Waals surface area (Å²) in [5, 5.41) is 0.510. The molecule has 0 unspecified atom stereocenters. The third-order valence-electron chi connectivity index (χ3n) is 4.97. The zero-order valence-corrected chi connectivity index (χ0v) is 18.3. The van der Waals surface area contributed by atoms with E-state index < -0.39 is 28.4 Å². The Morgan fingerprint density at radius 3 is 2.00 bits per heavy atom. The number of sulfonamides is 1. The van der Waals surface area contributed by atoms with Gasteiger partial charge in [-0.25, -0.2) is 8.42 Å². The summed E-state index contributed by atoms with van der Waals surface area (Å²) in [4.78, 5) is 36.3. The van der Waals surface area contributed by atoms with Gasteiger partial charge in [0.2, 0.25) is 10.0 Å². The molecule has 0 aromatic heterocycles. The van der Waals surface area contributed by atoms with Gasteiger partial charge in [-0.15, -0.1) is 0 Å². The molecule has 0 aliphatic carbocycles. The van der Waals surface area contributed by atoms with Crippen LogP contribution in [-0.2, 0) is 19.6 Å². The summed E-state index contributed by atoms with van der Waals surface area (Å²) in [6.45, 7) is 0.519. The number of hydrogen-bond acceptors (Lipinski definition) is 6. The van der Waals surface area contributed by atoms with Crippen molar-refractivity contribution in [2.45, 2.75) is 30.6 Å². The molecule has 0 spiro atoms. The molecule has 2 aromatic rings. The largest absolute Gasteiger partial charge is 0.457 e. The fraction of sp³-hybridized carbons (Fsp3) is 0.318. The lowest BCUT2D eigenvalue weighted by Crippen LogP contribution is -2.27. The van der Waals surface area contributed by atoms with Gasteiger partial charge in [0.15, 0.2) is 18.2 Å². The van der Waals surface area contributed by atoms with Crippen molar-refractivity contribution in [3.8, 4) is 0 Å². The third-order valence-corrected chi connectivity index (χ3v) is 7.13. The number of carbonyl (C=O) groups excluding carboxylic acids is 3. The lowest BCUT2D eigenvalue weighted by atomic mass is 10.1. The van der Waals surface area contributed by atoms with Crippen molar-refractivity contribution in [1.29, 1.82) is 0 Å². The molecule has 7 nitrogen and oxygen atoms in total. The molecule has 0 N–H and O–H groups in total. The smallest absolute Gasteiger partial charge is 0.306 e. The van der Waals surface area contributed by atoms with Gasteiger partial charge in [-0.05, 0) is 61.4 Å². The molecule has 1 fully saturated rings. The first kappa shape index (κ1) is 23.1. The lowest BCUT2D eigenvalue weighted by Gasteiger charge is -2.15. The van der Waals surface area contributed by atoms with Gasteiger partial charge in [0.25, 0.3) is 0 Å². The molecule has 0 atom stereocenters. The number of rotatable bonds is 9. The number of carbonyl (C=O) groups is 3. The summed E-state index contributed by atoms with van der Waals surface area (Å²) in [5.41, 5.74) is 0.683. The second-order valence-corrected chi connectivity index (χ2v) is 9.52. The number of esters is 1. The second-order valence-electron chi connectivity index (χ2n) is 7.15. The van der Waals surface area contributed by atoms with E-state index in [1.165, 1.54) is 28.6 Å². The molecule has 0 bridgehead atoms. The molecule has 1 saturated heterocycles. The monoisotopic (exact) mass is 463 g/mol. The average molecular weight is 464 g/mol. The van der Waals surface area contributed by atoms with Gasteiger partial charge in [0.1, 0.15) is 0 Å².